The molecule has 2 rings (SSSR count). The molecule has 3 nitrogen and oxygen atoms in total. The van der Waals surface area contributed by atoms with Crippen LogP contribution in [0.5, 0.6) is 0 Å². The zero-order chi connectivity index (χ0) is 15.4. The quantitative estimate of drug-likeness (QED) is 0.829. The molecule has 1 aromatic heterocycles. The Morgan fingerprint density at radius 3 is 2.48 bits per heavy atom. The van der Waals surface area contributed by atoms with Crippen LogP contribution in [0.1, 0.15) is 45.9 Å². The molecule has 0 saturated carbocycles. The van der Waals surface area contributed by atoms with Gasteiger partial charge in [0.25, 0.3) is 0 Å². The topological polar surface area (TPSA) is 28.4 Å². The third-order valence-corrected chi connectivity index (χ3v) is 3.95. The predicted octanol–water partition coefficient (Wildman–Crippen LogP) is 4.16. The number of fused-ring (bicyclic) bond motifs is 1. The first kappa shape index (κ1) is 16.1. The van der Waals surface area contributed by atoms with E-state index in [-0.39, 0.29) is 0 Å². The van der Waals surface area contributed by atoms with Gasteiger partial charge in [-0.05, 0) is 26.5 Å². The minimum Gasteiger partial charge on any atom is -0.459 e. The summed E-state index contributed by atoms with van der Waals surface area (Å²) in [4.78, 5) is 2.43. The van der Waals surface area contributed by atoms with Crippen molar-refractivity contribution in [2.75, 3.05) is 6.54 Å². The van der Waals surface area contributed by atoms with Gasteiger partial charge in [-0.2, -0.15) is 0 Å². The highest BCUT2D eigenvalue weighted by Crippen LogP contribution is 2.27. The van der Waals surface area contributed by atoms with Crippen molar-refractivity contribution in [3.8, 4) is 0 Å². The Kier molecular flexibility index (Phi) is 5.43. The molecule has 0 spiro atoms. The lowest BCUT2D eigenvalue weighted by Gasteiger charge is -2.24. The number of hydrogen-bond acceptors (Lipinski definition) is 3. The molecule has 1 N–H and O–H groups in total. The Balaban J connectivity index is 2.34. The molecule has 0 atom stereocenters. The fourth-order valence-corrected chi connectivity index (χ4v) is 2.62. The zero-order valence-corrected chi connectivity index (χ0v) is 13.9. The van der Waals surface area contributed by atoms with Crippen LogP contribution >= 0.6 is 0 Å². The fourth-order valence-electron chi connectivity index (χ4n) is 2.62. The van der Waals surface area contributed by atoms with Crippen molar-refractivity contribution in [2.24, 2.45) is 0 Å². The number of hydrogen-bond donors (Lipinski definition) is 1. The van der Waals surface area contributed by atoms with E-state index in [1.165, 1.54) is 10.9 Å². The number of nitrogens with zero attached hydrogens (tertiary/aromatic N) is 1. The van der Waals surface area contributed by atoms with Crippen LogP contribution in [0.15, 0.2) is 28.7 Å². The number of nitrogens with one attached hydrogen (secondary N) is 1. The lowest BCUT2D eigenvalue weighted by atomic mass is 10.1. The third kappa shape index (κ3) is 3.86. The highest BCUT2D eigenvalue weighted by molar-refractivity contribution is 5.82. The second-order valence-corrected chi connectivity index (χ2v) is 6.19. The van der Waals surface area contributed by atoms with E-state index in [2.05, 4.69) is 63.0 Å². The summed E-state index contributed by atoms with van der Waals surface area (Å²) in [5, 5.41) is 4.76. The summed E-state index contributed by atoms with van der Waals surface area (Å²) < 4.78 is 6.13. The highest BCUT2D eigenvalue weighted by atomic mass is 16.3. The van der Waals surface area contributed by atoms with Gasteiger partial charge in [0, 0.05) is 29.6 Å². The molecule has 0 saturated heterocycles. The van der Waals surface area contributed by atoms with E-state index in [9.17, 15) is 0 Å². The summed E-state index contributed by atoms with van der Waals surface area (Å²) in [6.07, 6.45) is 0. The number of benzene rings is 1. The second kappa shape index (κ2) is 7.10. The molecule has 0 radical (unpaired) electrons. The van der Waals surface area contributed by atoms with Crippen molar-refractivity contribution in [2.45, 2.75) is 59.8 Å². The molecule has 116 valence electrons. The van der Waals surface area contributed by atoms with E-state index in [1.807, 2.05) is 6.07 Å². The molecule has 0 aliphatic carbocycles. The average molecular weight is 288 g/mol. The van der Waals surface area contributed by atoms with Crippen LogP contribution < -0.4 is 5.32 Å². The first-order chi connectivity index (χ1) is 10.0. The Hall–Kier alpha value is -1.32. The number of rotatable bonds is 7. The molecule has 21 heavy (non-hydrogen) atoms. The van der Waals surface area contributed by atoms with Gasteiger partial charge in [-0.3, -0.25) is 4.90 Å². The molecule has 1 heterocycles. The Labute approximate surface area is 128 Å². The van der Waals surface area contributed by atoms with Gasteiger partial charge in [-0.1, -0.05) is 39.0 Å². The first-order valence-electron chi connectivity index (χ1n) is 7.99. The summed E-state index contributed by atoms with van der Waals surface area (Å²) in [6.45, 7) is 13.8. The van der Waals surface area contributed by atoms with Crippen LogP contribution in [0.3, 0.4) is 0 Å². The number of para-hydroxylation sites is 1. The summed E-state index contributed by atoms with van der Waals surface area (Å²) in [6, 6.07) is 9.33. The minimum atomic E-state index is 0.471. The molecule has 0 aliphatic heterocycles. The van der Waals surface area contributed by atoms with Gasteiger partial charge in [0.2, 0.25) is 0 Å². The molecule has 0 amide bonds. The average Bonchev–Trinajstić information content (AvgIpc) is 2.79. The molecular weight excluding hydrogens is 260 g/mol. The summed E-state index contributed by atoms with van der Waals surface area (Å²) in [5.41, 5.74) is 2.30. The third-order valence-electron chi connectivity index (χ3n) is 3.95. The van der Waals surface area contributed by atoms with Gasteiger partial charge < -0.3 is 9.73 Å². The fraction of sp³-hybridized carbons (Fsp3) is 0.556. The molecule has 0 aliphatic rings. The van der Waals surface area contributed by atoms with E-state index in [0.717, 1.165) is 31.0 Å². The standard InChI is InChI=1S/C18H28N2O/c1-6-20(14(4)5)12-18-16(11-19-13(2)3)15-9-7-8-10-17(15)21-18/h7-10,13-14,19H,6,11-12H2,1-5H3. The summed E-state index contributed by atoms with van der Waals surface area (Å²) in [5.74, 6) is 1.10. The first-order valence-corrected chi connectivity index (χ1v) is 7.99. The van der Waals surface area contributed by atoms with Crippen molar-refractivity contribution in [1.82, 2.24) is 10.2 Å². The molecule has 2 aromatic rings. The maximum absolute atomic E-state index is 6.13. The number of furan rings is 1. The van der Waals surface area contributed by atoms with Crippen LogP contribution in [0.25, 0.3) is 11.0 Å². The molecule has 1 aromatic carbocycles. The minimum absolute atomic E-state index is 0.471. The van der Waals surface area contributed by atoms with Crippen molar-refractivity contribution in [3.63, 3.8) is 0 Å². The van der Waals surface area contributed by atoms with E-state index < -0.39 is 0 Å². The van der Waals surface area contributed by atoms with Crippen molar-refractivity contribution in [1.29, 1.82) is 0 Å². The lowest BCUT2D eigenvalue weighted by molar-refractivity contribution is 0.208. The second-order valence-electron chi connectivity index (χ2n) is 6.19. The highest BCUT2D eigenvalue weighted by Gasteiger charge is 2.17. The maximum Gasteiger partial charge on any atom is 0.134 e. The van der Waals surface area contributed by atoms with Crippen molar-refractivity contribution in [3.05, 3.63) is 35.6 Å². The normalized spacial score (nSPS) is 12.2. The molecule has 0 unspecified atom stereocenters. The van der Waals surface area contributed by atoms with E-state index >= 15 is 0 Å². The van der Waals surface area contributed by atoms with E-state index in [1.54, 1.807) is 0 Å². The Bertz CT molecular complexity index is 572. The van der Waals surface area contributed by atoms with Crippen molar-refractivity contribution < 1.29 is 4.42 Å². The van der Waals surface area contributed by atoms with Gasteiger partial charge >= 0.3 is 0 Å². The van der Waals surface area contributed by atoms with E-state index in [4.69, 9.17) is 4.42 Å². The largest absolute Gasteiger partial charge is 0.459 e. The molecule has 0 fully saturated rings. The molecule has 3 heteroatoms. The summed E-state index contributed by atoms with van der Waals surface area (Å²) >= 11 is 0. The predicted molar refractivity (Wildman–Crippen MR) is 89.4 cm³/mol. The van der Waals surface area contributed by atoms with Gasteiger partial charge in [0.05, 0.1) is 6.54 Å². The lowest BCUT2D eigenvalue weighted by Crippen LogP contribution is -2.30. The van der Waals surface area contributed by atoms with Crippen LogP contribution in [0.4, 0.5) is 0 Å². The van der Waals surface area contributed by atoms with Gasteiger partial charge in [0.15, 0.2) is 0 Å². The Morgan fingerprint density at radius 2 is 1.86 bits per heavy atom. The Morgan fingerprint density at radius 1 is 1.14 bits per heavy atom. The van der Waals surface area contributed by atoms with E-state index in [0.29, 0.717) is 12.1 Å². The summed E-state index contributed by atoms with van der Waals surface area (Å²) in [7, 11) is 0. The smallest absolute Gasteiger partial charge is 0.134 e. The van der Waals surface area contributed by atoms with Gasteiger partial charge in [0.1, 0.15) is 11.3 Å². The monoisotopic (exact) mass is 288 g/mol. The molecular formula is C18H28N2O. The zero-order valence-electron chi connectivity index (χ0n) is 13.9. The van der Waals surface area contributed by atoms with Gasteiger partial charge in [-0.25, -0.2) is 0 Å². The van der Waals surface area contributed by atoms with Gasteiger partial charge in [-0.15, -0.1) is 0 Å². The van der Waals surface area contributed by atoms with Crippen LogP contribution in [0.2, 0.25) is 0 Å². The van der Waals surface area contributed by atoms with Crippen LogP contribution in [-0.4, -0.2) is 23.5 Å². The SMILES string of the molecule is CCN(Cc1oc2ccccc2c1CNC(C)C)C(C)C. The van der Waals surface area contributed by atoms with Crippen LogP contribution in [0, 0.1) is 0 Å². The van der Waals surface area contributed by atoms with Crippen LogP contribution in [-0.2, 0) is 13.1 Å². The molecule has 0 bridgehead atoms. The van der Waals surface area contributed by atoms with Crippen molar-refractivity contribution >= 4 is 11.0 Å². The maximum atomic E-state index is 6.13.